The molecule has 53 heavy (non-hydrogen) atoms. The summed E-state index contributed by atoms with van der Waals surface area (Å²) in [7, 11) is -3.18. The maximum Gasteiger partial charge on any atom is 0.0489 e. The Morgan fingerprint density at radius 3 is 2.02 bits per heavy atom. The van der Waals surface area contributed by atoms with Crippen LogP contribution in [-0.2, 0) is 55.4 Å². The number of rotatable bonds is 9. The van der Waals surface area contributed by atoms with Crippen molar-refractivity contribution >= 4 is 49.1 Å². The van der Waals surface area contributed by atoms with Crippen molar-refractivity contribution in [2.24, 2.45) is 0 Å². The van der Waals surface area contributed by atoms with Gasteiger partial charge in [-0.15, -0.1) is 0 Å². The normalized spacial score (nSPS) is 21.1. The van der Waals surface area contributed by atoms with Crippen LogP contribution in [0, 0.1) is 0 Å². The molecule has 8 rings (SSSR count). The molecule has 0 aromatic heterocycles. The molecule has 0 radical (unpaired) electrons. The molecule has 3 aliphatic heterocycles. The molecule has 6 bridgehead atoms. The van der Waals surface area contributed by atoms with Crippen LogP contribution in [0.5, 0.6) is 0 Å². The molecule has 0 N–H and O–H groups in total. The zero-order chi connectivity index (χ0) is 37.2. The summed E-state index contributed by atoms with van der Waals surface area (Å²) in [5.74, 6) is 3.02. The standard InChI is InChI=1S/C47H48O3S3/c1-4-7-35-25-26-51(48)30-36-11-19-42(20-12-36)45-27-46(43-21-13-38(14-22-43)32-52(49)31-35)29-47(28-45)44-23-15-39(16-24-44)34-53(50)33-37-9-17-41(18-10-37)40(6-3)8-5-2/h4,6-25,28-29,46H,3,5,26-27,30-34H2,1-2H3/b7-4-,35-25+,40-8+/t46-,51?,52?,53?/m1/s1. The molecule has 0 amide bonds. The van der Waals surface area contributed by atoms with Crippen molar-refractivity contribution in [3.63, 3.8) is 0 Å². The van der Waals surface area contributed by atoms with Gasteiger partial charge in [0.25, 0.3) is 0 Å². The molecule has 4 atom stereocenters. The molecule has 1 aliphatic carbocycles. The summed E-state index contributed by atoms with van der Waals surface area (Å²) >= 11 is 0. The maximum atomic E-state index is 13.2. The fourth-order valence-corrected chi connectivity index (χ4v) is 10.4. The van der Waals surface area contributed by atoms with Gasteiger partial charge in [0, 0.05) is 72.8 Å². The predicted octanol–water partition coefficient (Wildman–Crippen LogP) is 10.8. The third-order valence-electron chi connectivity index (χ3n) is 9.65. The van der Waals surface area contributed by atoms with E-state index in [4.69, 9.17) is 0 Å². The van der Waals surface area contributed by atoms with Crippen LogP contribution in [0.4, 0.5) is 0 Å². The minimum Gasteiger partial charge on any atom is -0.259 e. The van der Waals surface area contributed by atoms with E-state index in [1.165, 1.54) is 11.1 Å². The average Bonchev–Trinajstić information content (AvgIpc) is 3.17. The SMILES string of the molecule is C=C/C(=C\CC)c1ccc(CS(=O)Cc2ccc(C3=C[C@H]4CC(=C3)c3ccc(cc3)CS(=O)C/C=C(\C=C/C)CS(=O)Cc3ccc4cc3)cc2)cc1. The molecule has 4 aliphatic rings. The van der Waals surface area contributed by atoms with Gasteiger partial charge in [-0.1, -0.05) is 153 Å². The number of fused-ring (bicyclic) bond motifs is 2. The van der Waals surface area contributed by atoms with Gasteiger partial charge in [0.15, 0.2) is 0 Å². The number of benzene rings is 4. The Labute approximate surface area is 323 Å². The first-order valence-corrected chi connectivity index (χ1v) is 22.7. The minimum absolute atomic E-state index is 0.168. The topological polar surface area (TPSA) is 51.2 Å². The second kappa shape index (κ2) is 18.7. The van der Waals surface area contributed by atoms with E-state index in [2.05, 4.69) is 129 Å². The van der Waals surface area contributed by atoms with Gasteiger partial charge in [-0.2, -0.15) is 0 Å². The molecule has 0 fully saturated rings. The van der Waals surface area contributed by atoms with Crippen LogP contribution in [0.25, 0.3) is 16.7 Å². The summed E-state index contributed by atoms with van der Waals surface area (Å²) < 4.78 is 39.4. The molecule has 3 heterocycles. The molecule has 3 unspecified atom stereocenters. The predicted molar refractivity (Wildman–Crippen MR) is 229 cm³/mol. The summed E-state index contributed by atoms with van der Waals surface area (Å²) in [6.45, 7) is 8.00. The lowest BCUT2D eigenvalue weighted by Gasteiger charge is -2.23. The molecule has 4 aromatic rings. The highest BCUT2D eigenvalue weighted by Gasteiger charge is 2.20. The van der Waals surface area contributed by atoms with E-state index in [1.54, 1.807) is 0 Å². The lowest BCUT2D eigenvalue weighted by molar-refractivity contribution is 0.681. The second-order valence-electron chi connectivity index (χ2n) is 13.7. The first-order valence-electron chi connectivity index (χ1n) is 18.3. The molecular weight excluding hydrogens is 709 g/mol. The van der Waals surface area contributed by atoms with E-state index >= 15 is 0 Å². The van der Waals surface area contributed by atoms with Crippen molar-refractivity contribution < 1.29 is 12.6 Å². The smallest absolute Gasteiger partial charge is 0.0489 e. The Kier molecular flexibility index (Phi) is 13.6. The van der Waals surface area contributed by atoms with Crippen molar-refractivity contribution in [2.75, 3.05) is 11.5 Å². The van der Waals surface area contributed by atoms with Crippen LogP contribution in [0.1, 0.15) is 77.1 Å². The fraction of sp³-hybridized carbons (Fsp3) is 0.234. The molecule has 0 saturated heterocycles. The Morgan fingerprint density at radius 1 is 0.792 bits per heavy atom. The molecule has 4 aromatic carbocycles. The van der Waals surface area contributed by atoms with E-state index in [1.807, 2.05) is 31.2 Å². The monoisotopic (exact) mass is 756 g/mol. The summed E-state index contributed by atoms with van der Waals surface area (Å²) in [6, 6.07) is 33.9. The van der Waals surface area contributed by atoms with Crippen LogP contribution in [0.3, 0.4) is 0 Å². The minimum atomic E-state index is -1.08. The number of hydrogen-bond acceptors (Lipinski definition) is 3. The van der Waals surface area contributed by atoms with Crippen molar-refractivity contribution in [3.8, 4) is 0 Å². The highest BCUT2D eigenvalue weighted by atomic mass is 32.2. The Morgan fingerprint density at radius 2 is 1.40 bits per heavy atom. The van der Waals surface area contributed by atoms with Crippen LogP contribution in [0.15, 0.2) is 152 Å². The van der Waals surface area contributed by atoms with Gasteiger partial charge in [-0.05, 0) is 86.6 Å². The van der Waals surface area contributed by atoms with Crippen LogP contribution >= 0.6 is 0 Å². The Balaban J connectivity index is 1.23. The largest absolute Gasteiger partial charge is 0.259 e. The highest BCUT2D eigenvalue weighted by molar-refractivity contribution is 7.84. The quantitative estimate of drug-likeness (QED) is 0.160. The molecule has 6 heteroatoms. The summed E-state index contributed by atoms with van der Waals surface area (Å²) in [4.78, 5) is 0. The van der Waals surface area contributed by atoms with Gasteiger partial charge in [-0.3, -0.25) is 12.6 Å². The van der Waals surface area contributed by atoms with Crippen molar-refractivity contribution in [1.82, 2.24) is 0 Å². The van der Waals surface area contributed by atoms with E-state index in [0.29, 0.717) is 34.5 Å². The average molecular weight is 757 g/mol. The van der Waals surface area contributed by atoms with Crippen LogP contribution in [0.2, 0.25) is 0 Å². The van der Waals surface area contributed by atoms with Crippen molar-refractivity contribution in [3.05, 3.63) is 196 Å². The van der Waals surface area contributed by atoms with Gasteiger partial charge in [0.05, 0.1) is 0 Å². The van der Waals surface area contributed by atoms with Gasteiger partial charge in [0.2, 0.25) is 0 Å². The zero-order valence-corrected chi connectivity index (χ0v) is 33.1. The molecular formula is C47H48O3S3. The summed E-state index contributed by atoms with van der Waals surface area (Å²) in [6.07, 6.45) is 16.4. The third-order valence-corrected chi connectivity index (χ3v) is 13.5. The van der Waals surface area contributed by atoms with E-state index in [-0.39, 0.29) is 5.92 Å². The first-order chi connectivity index (χ1) is 25.8. The first kappa shape index (κ1) is 38.5. The van der Waals surface area contributed by atoms with E-state index < -0.39 is 32.4 Å². The maximum absolute atomic E-state index is 13.2. The summed E-state index contributed by atoms with van der Waals surface area (Å²) in [5.41, 5.74) is 13.4. The zero-order valence-electron chi connectivity index (χ0n) is 30.7. The lowest BCUT2D eigenvalue weighted by atomic mass is 9.81. The fourth-order valence-electron chi connectivity index (χ4n) is 6.88. The van der Waals surface area contributed by atoms with Crippen LogP contribution in [-0.4, -0.2) is 24.1 Å². The van der Waals surface area contributed by atoms with Crippen molar-refractivity contribution in [2.45, 2.75) is 55.6 Å². The van der Waals surface area contributed by atoms with Gasteiger partial charge in [0.1, 0.15) is 0 Å². The van der Waals surface area contributed by atoms with Gasteiger partial charge < -0.3 is 0 Å². The van der Waals surface area contributed by atoms with Crippen LogP contribution < -0.4 is 0 Å². The molecule has 0 saturated carbocycles. The number of hydrogen-bond donors (Lipinski definition) is 0. The molecule has 3 nitrogen and oxygen atoms in total. The highest BCUT2D eigenvalue weighted by Crippen LogP contribution is 2.39. The summed E-state index contributed by atoms with van der Waals surface area (Å²) in [5, 5.41) is 0. The van der Waals surface area contributed by atoms with E-state index in [9.17, 15) is 12.6 Å². The second-order valence-corrected chi connectivity index (χ2v) is 18.1. The Bertz CT molecular complexity index is 2130. The van der Waals surface area contributed by atoms with Gasteiger partial charge in [-0.25, -0.2) is 0 Å². The Hall–Kier alpha value is -4.23. The van der Waals surface area contributed by atoms with Crippen molar-refractivity contribution in [1.29, 1.82) is 0 Å². The third kappa shape index (κ3) is 10.7. The molecule has 0 spiro atoms. The number of allylic oxidation sites excluding steroid dienone is 9. The van der Waals surface area contributed by atoms with Gasteiger partial charge >= 0.3 is 0 Å². The molecule has 272 valence electrons. The lowest BCUT2D eigenvalue weighted by Crippen LogP contribution is -2.06. The van der Waals surface area contributed by atoms with E-state index in [0.717, 1.165) is 68.5 Å².